The number of hydrogen-bond acceptors (Lipinski definition) is 1. The lowest BCUT2D eigenvalue weighted by molar-refractivity contribution is 0.169. The molecule has 0 unspecified atom stereocenters. The van der Waals surface area contributed by atoms with Gasteiger partial charge < -0.3 is 4.43 Å². The second-order valence-corrected chi connectivity index (χ2v) is 12.0. The molecule has 0 N–H and O–H groups in total. The average molecular weight is 337 g/mol. The monoisotopic (exact) mass is 336 g/mol. The van der Waals surface area contributed by atoms with Gasteiger partial charge >= 0.3 is 0 Å². The Morgan fingerprint density at radius 2 is 1.62 bits per heavy atom. The molecular weight excluding hydrogens is 308 g/mol. The summed E-state index contributed by atoms with van der Waals surface area (Å²) in [5, 5.41) is 1.58. The topological polar surface area (TPSA) is 9.23 Å². The van der Waals surface area contributed by atoms with Gasteiger partial charge in [-0.3, -0.25) is 0 Å². The van der Waals surface area contributed by atoms with E-state index in [1.54, 1.807) is 10.8 Å². The molecule has 0 radical (unpaired) electrons. The van der Waals surface area contributed by atoms with Crippen LogP contribution in [0.4, 0.5) is 0 Å². The highest BCUT2D eigenvalue weighted by molar-refractivity contribution is 6.88. The standard InChI is InChI=1S/C22H28OSi/c1-17(2)24(16-8-12-19-10-4-6-15-22(19)24)23-21-14-7-11-18-9-3-5-13-20(18)21/h3-6,9-10,13,15,17,21H,7-8,11-12,14,16H2,1-2H3/t21-,24-/m0/s1. The van der Waals surface area contributed by atoms with Crippen LogP contribution in [0.25, 0.3) is 0 Å². The molecule has 126 valence electrons. The first kappa shape index (κ1) is 16.1. The average Bonchev–Trinajstić information content (AvgIpc) is 2.62. The molecule has 0 amide bonds. The van der Waals surface area contributed by atoms with Crippen molar-refractivity contribution in [3.63, 3.8) is 0 Å². The molecule has 0 aromatic heterocycles. The van der Waals surface area contributed by atoms with Crippen LogP contribution in [0.3, 0.4) is 0 Å². The third-order valence-electron chi connectivity index (χ3n) is 6.07. The second kappa shape index (κ2) is 6.49. The van der Waals surface area contributed by atoms with Crippen molar-refractivity contribution in [2.75, 3.05) is 0 Å². The normalized spacial score (nSPS) is 26.0. The van der Waals surface area contributed by atoms with Gasteiger partial charge in [0, 0.05) is 0 Å². The summed E-state index contributed by atoms with van der Waals surface area (Å²) < 4.78 is 7.17. The molecule has 4 rings (SSSR count). The van der Waals surface area contributed by atoms with Gasteiger partial charge in [0.25, 0.3) is 0 Å². The Kier molecular flexibility index (Phi) is 4.36. The molecule has 0 fully saturated rings. The molecule has 0 bridgehead atoms. The maximum Gasteiger partial charge on any atom is 0.227 e. The van der Waals surface area contributed by atoms with E-state index in [2.05, 4.69) is 62.4 Å². The molecule has 1 nitrogen and oxygen atoms in total. The number of fused-ring (bicyclic) bond motifs is 2. The lowest BCUT2D eigenvalue weighted by Gasteiger charge is -2.43. The molecule has 2 aliphatic rings. The molecule has 0 spiro atoms. The van der Waals surface area contributed by atoms with Gasteiger partial charge in [0.1, 0.15) is 0 Å². The van der Waals surface area contributed by atoms with Gasteiger partial charge in [-0.05, 0) is 65.6 Å². The van der Waals surface area contributed by atoms with E-state index in [1.165, 1.54) is 49.3 Å². The minimum absolute atomic E-state index is 0.301. The molecule has 1 heterocycles. The Morgan fingerprint density at radius 1 is 0.917 bits per heavy atom. The summed E-state index contributed by atoms with van der Waals surface area (Å²) in [5.41, 5.74) is 5.13. The maximum absolute atomic E-state index is 7.17. The maximum atomic E-state index is 7.17. The highest BCUT2D eigenvalue weighted by Crippen LogP contribution is 2.41. The van der Waals surface area contributed by atoms with Crippen LogP contribution in [-0.4, -0.2) is 8.32 Å². The zero-order chi connectivity index (χ0) is 16.6. The lowest BCUT2D eigenvalue weighted by Crippen LogP contribution is -2.57. The smallest absolute Gasteiger partial charge is 0.227 e. The van der Waals surface area contributed by atoms with Crippen LogP contribution in [0.1, 0.15) is 55.9 Å². The summed E-state index contributed by atoms with van der Waals surface area (Å²) in [4.78, 5) is 0. The summed E-state index contributed by atoms with van der Waals surface area (Å²) in [6.45, 7) is 4.78. The van der Waals surface area contributed by atoms with Gasteiger partial charge in [-0.15, -0.1) is 0 Å². The SMILES string of the molecule is CC(C)[Si@@]1(O[C@H]2CCCc3ccccc32)CCCc2ccccc21. The summed E-state index contributed by atoms with van der Waals surface area (Å²) in [7, 11) is -1.94. The van der Waals surface area contributed by atoms with E-state index >= 15 is 0 Å². The lowest BCUT2D eigenvalue weighted by atomic mass is 9.90. The molecule has 24 heavy (non-hydrogen) atoms. The predicted molar refractivity (Wildman–Crippen MR) is 103 cm³/mol. The van der Waals surface area contributed by atoms with Crippen LogP contribution < -0.4 is 5.19 Å². The van der Waals surface area contributed by atoms with E-state index < -0.39 is 8.32 Å². The first-order valence-electron chi connectivity index (χ1n) is 9.55. The van der Waals surface area contributed by atoms with Crippen molar-refractivity contribution >= 4 is 13.5 Å². The van der Waals surface area contributed by atoms with Gasteiger partial charge in [-0.25, -0.2) is 0 Å². The number of hydrogen-bond donors (Lipinski definition) is 0. The van der Waals surface area contributed by atoms with Crippen molar-refractivity contribution in [1.29, 1.82) is 0 Å². The van der Waals surface area contributed by atoms with Crippen LogP contribution in [0.15, 0.2) is 48.5 Å². The van der Waals surface area contributed by atoms with Gasteiger partial charge in [0.2, 0.25) is 8.32 Å². The Bertz CT molecular complexity index is 723. The molecule has 0 saturated heterocycles. The second-order valence-electron chi connectivity index (χ2n) is 7.75. The van der Waals surface area contributed by atoms with Crippen LogP contribution in [0.5, 0.6) is 0 Å². The molecule has 2 aromatic rings. The number of aryl methyl sites for hydroxylation is 2. The minimum Gasteiger partial charge on any atom is -0.405 e. The molecular formula is C22H28OSi. The quantitative estimate of drug-likeness (QED) is 0.692. The van der Waals surface area contributed by atoms with E-state index in [4.69, 9.17) is 4.43 Å². The Labute approximate surface area is 147 Å². The van der Waals surface area contributed by atoms with Crippen LogP contribution in [0.2, 0.25) is 11.6 Å². The highest BCUT2D eigenvalue weighted by Gasteiger charge is 2.46. The van der Waals surface area contributed by atoms with Crippen molar-refractivity contribution in [3.8, 4) is 0 Å². The van der Waals surface area contributed by atoms with E-state index in [9.17, 15) is 0 Å². The van der Waals surface area contributed by atoms with Gasteiger partial charge in [-0.2, -0.15) is 0 Å². The van der Waals surface area contributed by atoms with Crippen molar-refractivity contribution in [1.82, 2.24) is 0 Å². The fourth-order valence-electron chi connectivity index (χ4n) is 4.77. The molecule has 2 heteroatoms. The van der Waals surface area contributed by atoms with Crippen molar-refractivity contribution in [2.45, 2.75) is 63.6 Å². The molecule has 1 aliphatic carbocycles. The van der Waals surface area contributed by atoms with Crippen molar-refractivity contribution < 1.29 is 4.43 Å². The van der Waals surface area contributed by atoms with Crippen LogP contribution in [-0.2, 0) is 17.3 Å². The van der Waals surface area contributed by atoms with Crippen molar-refractivity contribution in [3.05, 3.63) is 65.2 Å². The summed E-state index contributed by atoms with van der Waals surface area (Å²) in [5.74, 6) is 0. The third-order valence-corrected chi connectivity index (χ3v) is 11.1. The number of rotatable bonds is 3. The first-order chi connectivity index (χ1) is 11.7. The summed E-state index contributed by atoms with van der Waals surface area (Å²) in [6.07, 6.45) is 6.46. The van der Waals surface area contributed by atoms with Crippen molar-refractivity contribution in [2.24, 2.45) is 0 Å². The van der Waals surface area contributed by atoms with Gasteiger partial charge in [0.15, 0.2) is 0 Å². The Hall–Kier alpha value is -1.38. The molecule has 0 saturated carbocycles. The van der Waals surface area contributed by atoms with E-state index in [0.29, 0.717) is 11.6 Å². The zero-order valence-corrected chi connectivity index (χ0v) is 15.9. The zero-order valence-electron chi connectivity index (χ0n) is 14.9. The third kappa shape index (κ3) is 2.66. The minimum atomic E-state index is -1.94. The van der Waals surface area contributed by atoms with Crippen LogP contribution in [0, 0.1) is 0 Å². The number of benzene rings is 2. The Balaban J connectivity index is 1.74. The van der Waals surface area contributed by atoms with Gasteiger partial charge in [-0.1, -0.05) is 62.4 Å². The largest absolute Gasteiger partial charge is 0.405 e. The van der Waals surface area contributed by atoms with E-state index in [1.807, 2.05) is 0 Å². The Morgan fingerprint density at radius 3 is 2.46 bits per heavy atom. The van der Waals surface area contributed by atoms with E-state index in [-0.39, 0.29) is 0 Å². The molecule has 1 aliphatic heterocycles. The van der Waals surface area contributed by atoms with E-state index in [0.717, 1.165) is 0 Å². The fraction of sp³-hybridized carbons (Fsp3) is 0.455. The predicted octanol–water partition coefficient (Wildman–Crippen LogP) is 5.29. The van der Waals surface area contributed by atoms with Gasteiger partial charge in [0.05, 0.1) is 6.10 Å². The molecule has 2 atom stereocenters. The highest BCUT2D eigenvalue weighted by atomic mass is 28.4. The first-order valence-corrected chi connectivity index (χ1v) is 11.7. The summed E-state index contributed by atoms with van der Waals surface area (Å²) in [6, 6.07) is 19.3. The fourth-order valence-corrected chi connectivity index (χ4v) is 9.34. The van der Waals surface area contributed by atoms with Crippen LogP contribution >= 0.6 is 0 Å². The summed E-state index contributed by atoms with van der Waals surface area (Å²) >= 11 is 0. The molecule has 2 aromatic carbocycles.